The molecule has 1 aromatic carbocycles. The third-order valence-electron chi connectivity index (χ3n) is 3.90. The molecule has 1 aliphatic rings. The lowest BCUT2D eigenvalue weighted by molar-refractivity contribution is 0.375. The predicted molar refractivity (Wildman–Crippen MR) is 106 cm³/mol. The third-order valence-corrected chi connectivity index (χ3v) is 4.15. The van der Waals surface area contributed by atoms with Crippen LogP contribution in [-0.2, 0) is 6.54 Å². The van der Waals surface area contributed by atoms with E-state index in [9.17, 15) is 0 Å². The van der Waals surface area contributed by atoms with Crippen LogP contribution in [-0.4, -0.2) is 29.2 Å². The van der Waals surface area contributed by atoms with Gasteiger partial charge in [0, 0.05) is 23.7 Å². The molecule has 0 atom stereocenters. The van der Waals surface area contributed by atoms with Crippen LogP contribution in [0.4, 0.5) is 0 Å². The van der Waals surface area contributed by atoms with Crippen molar-refractivity contribution >= 4 is 41.5 Å². The highest BCUT2D eigenvalue weighted by Crippen LogP contribution is 2.19. The minimum Gasteiger partial charge on any atom is -0.354 e. The summed E-state index contributed by atoms with van der Waals surface area (Å²) >= 11 is 5.88. The van der Waals surface area contributed by atoms with E-state index in [1.807, 2.05) is 12.1 Å². The van der Waals surface area contributed by atoms with Crippen molar-refractivity contribution in [1.82, 2.24) is 20.8 Å². The second-order valence-electron chi connectivity index (χ2n) is 5.57. The molecule has 0 spiro atoms. The molecule has 0 aliphatic heterocycles. The van der Waals surface area contributed by atoms with Crippen molar-refractivity contribution in [1.29, 1.82) is 0 Å². The van der Waals surface area contributed by atoms with Gasteiger partial charge in [-0.3, -0.25) is 4.99 Å². The lowest BCUT2D eigenvalue weighted by atomic mass is 10.2. The molecule has 8 heteroatoms. The van der Waals surface area contributed by atoms with Gasteiger partial charge in [0.15, 0.2) is 5.96 Å². The molecule has 3 rings (SSSR count). The van der Waals surface area contributed by atoms with Gasteiger partial charge in [-0.05, 0) is 37.1 Å². The Hall–Kier alpha value is -1.35. The fourth-order valence-corrected chi connectivity index (χ4v) is 2.79. The van der Waals surface area contributed by atoms with Crippen LogP contribution in [0, 0.1) is 0 Å². The Morgan fingerprint density at radius 1 is 1.29 bits per heavy atom. The van der Waals surface area contributed by atoms with Crippen molar-refractivity contribution in [2.45, 2.75) is 38.3 Å². The summed E-state index contributed by atoms with van der Waals surface area (Å²) in [5.74, 6) is 1.84. The number of benzene rings is 1. The number of rotatable bonds is 4. The molecule has 1 heterocycles. The van der Waals surface area contributed by atoms with Gasteiger partial charge < -0.3 is 15.2 Å². The summed E-state index contributed by atoms with van der Waals surface area (Å²) in [6, 6.07) is 7.85. The first-order chi connectivity index (χ1) is 11.2. The van der Waals surface area contributed by atoms with Crippen molar-refractivity contribution in [2.75, 3.05) is 7.05 Å². The summed E-state index contributed by atoms with van der Waals surface area (Å²) in [7, 11) is 1.76. The lowest BCUT2D eigenvalue weighted by Gasteiger charge is -2.15. The quantitative estimate of drug-likeness (QED) is 0.413. The number of halogens is 2. The Bertz CT molecular complexity index is 667. The SMILES string of the molecule is CN=C(NCc1nc(-c2ccc(Cl)cc2)no1)NC1CCCC1.I. The van der Waals surface area contributed by atoms with Crippen molar-refractivity contribution in [3.8, 4) is 11.4 Å². The average molecular weight is 462 g/mol. The summed E-state index contributed by atoms with van der Waals surface area (Å²) in [5, 5.41) is 11.3. The zero-order valence-corrected chi connectivity index (χ0v) is 16.5. The van der Waals surface area contributed by atoms with Gasteiger partial charge in [-0.15, -0.1) is 24.0 Å². The first-order valence-electron chi connectivity index (χ1n) is 7.80. The highest BCUT2D eigenvalue weighted by atomic mass is 127. The second kappa shape index (κ2) is 9.22. The fraction of sp³-hybridized carbons (Fsp3) is 0.438. The molecule has 0 radical (unpaired) electrons. The topological polar surface area (TPSA) is 75.3 Å². The fourth-order valence-electron chi connectivity index (χ4n) is 2.66. The molecule has 6 nitrogen and oxygen atoms in total. The number of hydrogen-bond acceptors (Lipinski definition) is 4. The smallest absolute Gasteiger partial charge is 0.246 e. The van der Waals surface area contributed by atoms with Gasteiger partial charge in [0.25, 0.3) is 0 Å². The number of aromatic nitrogens is 2. The Morgan fingerprint density at radius 2 is 2.00 bits per heavy atom. The molecule has 1 saturated carbocycles. The Kier molecular flexibility index (Phi) is 7.29. The van der Waals surface area contributed by atoms with Crippen LogP contribution in [0.15, 0.2) is 33.8 Å². The lowest BCUT2D eigenvalue weighted by Crippen LogP contribution is -2.41. The van der Waals surface area contributed by atoms with E-state index in [-0.39, 0.29) is 24.0 Å². The van der Waals surface area contributed by atoms with E-state index in [0.29, 0.717) is 29.3 Å². The summed E-state index contributed by atoms with van der Waals surface area (Å²) in [6.45, 7) is 0.437. The van der Waals surface area contributed by atoms with Crippen molar-refractivity contribution in [3.63, 3.8) is 0 Å². The van der Waals surface area contributed by atoms with Crippen LogP contribution in [0.1, 0.15) is 31.6 Å². The van der Waals surface area contributed by atoms with E-state index in [0.717, 1.165) is 11.5 Å². The summed E-state index contributed by atoms with van der Waals surface area (Å²) in [6.07, 6.45) is 4.95. The summed E-state index contributed by atoms with van der Waals surface area (Å²) in [5.41, 5.74) is 0.873. The van der Waals surface area contributed by atoms with Crippen LogP contribution >= 0.6 is 35.6 Å². The minimum atomic E-state index is 0. The zero-order valence-electron chi connectivity index (χ0n) is 13.5. The zero-order chi connectivity index (χ0) is 16.1. The third kappa shape index (κ3) is 5.07. The van der Waals surface area contributed by atoms with E-state index in [4.69, 9.17) is 16.1 Å². The van der Waals surface area contributed by atoms with E-state index >= 15 is 0 Å². The van der Waals surface area contributed by atoms with Gasteiger partial charge in [-0.25, -0.2) is 0 Å². The molecule has 1 fully saturated rings. The minimum absolute atomic E-state index is 0. The number of nitrogens with zero attached hydrogens (tertiary/aromatic N) is 3. The highest BCUT2D eigenvalue weighted by molar-refractivity contribution is 14.0. The van der Waals surface area contributed by atoms with Gasteiger partial charge in [-0.2, -0.15) is 4.98 Å². The van der Waals surface area contributed by atoms with Gasteiger partial charge in [0.2, 0.25) is 11.7 Å². The molecule has 0 unspecified atom stereocenters. The Balaban J connectivity index is 0.00000208. The maximum Gasteiger partial charge on any atom is 0.246 e. The van der Waals surface area contributed by atoms with E-state index in [2.05, 4.69) is 25.8 Å². The van der Waals surface area contributed by atoms with Crippen molar-refractivity contribution < 1.29 is 4.52 Å². The first-order valence-corrected chi connectivity index (χ1v) is 8.18. The molecule has 0 saturated heterocycles. The molecular weight excluding hydrogens is 441 g/mol. The number of guanidine groups is 1. The maximum atomic E-state index is 5.88. The van der Waals surface area contributed by atoms with Crippen molar-refractivity contribution in [3.05, 3.63) is 35.2 Å². The van der Waals surface area contributed by atoms with Crippen LogP contribution in [0.25, 0.3) is 11.4 Å². The van der Waals surface area contributed by atoms with E-state index in [1.165, 1.54) is 25.7 Å². The van der Waals surface area contributed by atoms with Crippen molar-refractivity contribution in [2.24, 2.45) is 4.99 Å². The predicted octanol–water partition coefficient (Wildman–Crippen LogP) is 3.62. The van der Waals surface area contributed by atoms with Crippen LogP contribution in [0.2, 0.25) is 5.02 Å². The van der Waals surface area contributed by atoms with Gasteiger partial charge >= 0.3 is 0 Å². The largest absolute Gasteiger partial charge is 0.354 e. The second-order valence-corrected chi connectivity index (χ2v) is 6.01. The first kappa shape index (κ1) is 19.0. The summed E-state index contributed by atoms with van der Waals surface area (Å²) < 4.78 is 5.27. The molecule has 0 bridgehead atoms. The highest BCUT2D eigenvalue weighted by Gasteiger charge is 2.16. The molecule has 130 valence electrons. The number of aliphatic imine (C=N–C) groups is 1. The van der Waals surface area contributed by atoms with Crippen LogP contribution in [0.5, 0.6) is 0 Å². The number of hydrogen-bond donors (Lipinski definition) is 2. The molecule has 2 aromatic rings. The normalized spacial score (nSPS) is 15.2. The molecule has 1 aliphatic carbocycles. The van der Waals surface area contributed by atoms with Gasteiger partial charge in [-0.1, -0.05) is 29.6 Å². The Labute approximate surface area is 163 Å². The molecular formula is C16H21ClIN5O. The molecule has 24 heavy (non-hydrogen) atoms. The Morgan fingerprint density at radius 3 is 2.67 bits per heavy atom. The van der Waals surface area contributed by atoms with E-state index < -0.39 is 0 Å². The van der Waals surface area contributed by atoms with Gasteiger partial charge in [0.05, 0.1) is 6.54 Å². The average Bonchev–Trinajstić information content (AvgIpc) is 3.24. The van der Waals surface area contributed by atoms with Gasteiger partial charge in [0.1, 0.15) is 0 Å². The number of nitrogens with one attached hydrogen (secondary N) is 2. The maximum absolute atomic E-state index is 5.88. The monoisotopic (exact) mass is 461 g/mol. The standard InChI is InChI=1S/C16H20ClN5O.HI/c1-18-16(20-13-4-2-3-5-13)19-10-14-21-15(22-23-14)11-6-8-12(17)9-7-11;/h6-9,13H,2-5,10H2,1H3,(H2,18,19,20);1H. The van der Waals surface area contributed by atoms with Crippen LogP contribution in [0.3, 0.4) is 0 Å². The molecule has 1 aromatic heterocycles. The molecule has 0 amide bonds. The van der Waals surface area contributed by atoms with E-state index in [1.54, 1.807) is 19.2 Å². The summed E-state index contributed by atoms with van der Waals surface area (Å²) in [4.78, 5) is 8.61. The molecule has 2 N–H and O–H groups in total. The van der Waals surface area contributed by atoms with Crippen LogP contribution < -0.4 is 10.6 Å².